The number of thioether (sulfide) groups is 2. The molecule has 0 unspecified atom stereocenters. The van der Waals surface area contributed by atoms with Crippen LogP contribution in [-0.2, 0) is 9.59 Å². The Bertz CT molecular complexity index is 327. The third-order valence-electron chi connectivity index (χ3n) is 1.74. The first-order valence-electron chi connectivity index (χ1n) is 4.71. The van der Waals surface area contributed by atoms with Gasteiger partial charge in [0.25, 0.3) is 5.91 Å². The van der Waals surface area contributed by atoms with Gasteiger partial charge in [0.15, 0.2) is 0 Å². The molecule has 1 atom stereocenters. The van der Waals surface area contributed by atoms with Crippen LogP contribution in [0.1, 0.15) is 6.92 Å². The molecule has 1 aliphatic heterocycles. The largest absolute Gasteiger partial charge is 0.477 e. The van der Waals surface area contributed by atoms with Gasteiger partial charge < -0.3 is 15.5 Å². The Hall–Kier alpha value is -0.660. The smallest absolute Gasteiger partial charge is 0.343 e. The summed E-state index contributed by atoms with van der Waals surface area (Å²) in [5.41, 5.74) is 0. The van der Waals surface area contributed by atoms with Crippen molar-refractivity contribution in [3.8, 4) is 0 Å². The van der Waals surface area contributed by atoms with Crippen LogP contribution in [0.4, 0.5) is 0 Å². The van der Waals surface area contributed by atoms with E-state index in [0.29, 0.717) is 5.75 Å². The maximum atomic E-state index is 11.6. The van der Waals surface area contributed by atoms with E-state index in [1.165, 1.54) is 23.5 Å². The molecule has 0 aromatic rings. The molecule has 1 heterocycles. The van der Waals surface area contributed by atoms with Crippen LogP contribution in [0.15, 0.2) is 9.81 Å². The quantitative estimate of drug-likeness (QED) is 0.674. The van der Waals surface area contributed by atoms with E-state index in [-0.39, 0.29) is 16.4 Å². The number of nitrogens with one attached hydrogen (secondary N) is 1. The summed E-state index contributed by atoms with van der Waals surface area (Å²) in [6.07, 6.45) is -0.640. The van der Waals surface area contributed by atoms with E-state index in [9.17, 15) is 9.59 Å². The predicted octanol–water partition coefficient (Wildman–Crippen LogP) is 0.260. The first kappa shape index (κ1) is 13.4. The molecule has 0 saturated heterocycles. The first-order chi connectivity index (χ1) is 7.52. The van der Waals surface area contributed by atoms with E-state index in [1.807, 2.05) is 0 Å². The van der Waals surface area contributed by atoms with Gasteiger partial charge in [0.1, 0.15) is 4.91 Å². The average Bonchev–Trinajstić information content (AvgIpc) is 2.25. The van der Waals surface area contributed by atoms with Crippen LogP contribution in [0.2, 0.25) is 0 Å². The van der Waals surface area contributed by atoms with E-state index < -0.39 is 18.0 Å². The number of carboxylic acid groups (broad SMARTS) is 1. The van der Waals surface area contributed by atoms with Crippen LogP contribution in [0.3, 0.4) is 0 Å². The molecule has 90 valence electrons. The van der Waals surface area contributed by atoms with Gasteiger partial charge in [-0.25, -0.2) is 4.79 Å². The molecule has 0 saturated carbocycles. The van der Waals surface area contributed by atoms with Crippen molar-refractivity contribution in [3.63, 3.8) is 0 Å². The molecule has 0 aliphatic carbocycles. The standard InChI is InChI=1S/C9H13NO4S2/c1-5(11)4-10-8(12)6-7(9(13)14)16-3-2-15-6/h5,11H,2-4H2,1H3,(H,10,12)(H,13,14)/t5-/m0/s1. The number of carbonyl (C=O) groups excluding carboxylic acids is 1. The van der Waals surface area contributed by atoms with Gasteiger partial charge in [-0.2, -0.15) is 0 Å². The first-order valence-corrected chi connectivity index (χ1v) is 6.69. The van der Waals surface area contributed by atoms with Crippen LogP contribution in [-0.4, -0.2) is 46.2 Å². The maximum Gasteiger partial charge on any atom is 0.343 e. The number of hydrogen-bond donors (Lipinski definition) is 3. The van der Waals surface area contributed by atoms with E-state index >= 15 is 0 Å². The van der Waals surface area contributed by atoms with E-state index in [4.69, 9.17) is 10.2 Å². The third kappa shape index (κ3) is 3.73. The van der Waals surface area contributed by atoms with Crippen molar-refractivity contribution in [2.24, 2.45) is 0 Å². The fourth-order valence-corrected chi connectivity index (χ4v) is 3.26. The molecule has 3 N–H and O–H groups in total. The minimum absolute atomic E-state index is 0.0966. The topological polar surface area (TPSA) is 86.6 Å². The summed E-state index contributed by atoms with van der Waals surface area (Å²) in [5, 5.41) is 20.4. The van der Waals surface area contributed by atoms with Crippen molar-refractivity contribution in [2.75, 3.05) is 18.1 Å². The van der Waals surface area contributed by atoms with Crippen LogP contribution in [0.25, 0.3) is 0 Å². The zero-order valence-electron chi connectivity index (χ0n) is 8.73. The highest BCUT2D eigenvalue weighted by molar-refractivity contribution is 8.11. The molecule has 0 bridgehead atoms. The SMILES string of the molecule is C[C@H](O)CNC(=O)C1=C(C(=O)O)SCCS1. The lowest BCUT2D eigenvalue weighted by atomic mass is 10.4. The Morgan fingerprint density at radius 1 is 1.38 bits per heavy atom. The molecule has 1 aliphatic rings. The zero-order valence-corrected chi connectivity index (χ0v) is 10.4. The number of aliphatic carboxylic acids is 1. The second-order valence-corrected chi connectivity index (χ2v) is 5.43. The van der Waals surface area contributed by atoms with Gasteiger partial charge in [-0.05, 0) is 6.92 Å². The minimum Gasteiger partial charge on any atom is -0.477 e. The number of aliphatic hydroxyl groups is 1. The van der Waals surface area contributed by atoms with E-state index in [1.54, 1.807) is 6.92 Å². The summed E-state index contributed by atoms with van der Waals surface area (Å²) in [6.45, 7) is 1.68. The van der Waals surface area contributed by atoms with Crippen LogP contribution >= 0.6 is 23.5 Å². The minimum atomic E-state index is -1.07. The third-order valence-corrected chi connectivity index (χ3v) is 4.29. The summed E-state index contributed by atoms with van der Waals surface area (Å²) in [4.78, 5) is 22.9. The second-order valence-electron chi connectivity index (χ2n) is 3.22. The number of carboxylic acids is 1. The molecule has 0 fully saturated rings. The van der Waals surface area contributed by atoms with Crippen LogP contribution < -0.4 is 5.32 Å². The van der Waals surface area contributed by atoms with Crippen molar-refractivity contribution in [3.05, 3.63) is 9.81 Å². The number of rotatable bonds is 4. The Kier molecular flexibility index (Phi) is 5.17. The fraction of sp³-hybridized carbons (Fsp3) is 0.556. The fourth-order valence-electron chi connectivity index (χ4n) is 1.07. The molecule has 1 amide bonds. The normalized spacial score (nSPS) is 18.1. The predicted molar refractivity (Wildman–Crippen MR) is 64.3 cm³/mol. The second kappa shape index (κ2) is 6.17. The van der Waals surface area contributed by atoms with Crippen molar-refractivity contribution in [2.45, 2.75) is 13.0 Å². The maximum absolute atomic E-state index is 11.6. The molecule has 0 aromatic carbocycles. The number of aliphatic hydroxyl groups excluding tert-OH is 1. The molecule has 0 radical (unpaired) electrons. The highest BCUT2D eigenvalue weighted by atomic mass is 32.2. The lowest BCUT2D eigenvalue weighted by Crippen LogP contribution is -2.32. The van der Waals surface area contributed by atoms with Gasteiger partial charge in [-0.3, -0.25) is 4.79 Å². The van der Waals surface area contributed by atoms with E-state index in [0.717, 1.165) is 5.75 Å². The van der Waals surface area contributed by atoms with Gasteiger partial charge in [0.05, 0.1) is 11.0 Å². The van der Waals surface area contributed by atoms with Crippen LogP contribution in [0, 0.1) is 0 Å². The summed E-state index contributed by atoms with van der Waals surface area (Å²) in [7, 11) is 0. The Balaban J connectivity index is 2.74. The summed E-state index contributed by atoms with van der Waals surface area (Å²) in [5.74, 6) is -0.0758. The van der Waals surface area contributed by atoms with Gasteiger partial charge in [-0.1, -0.05) is 0 Å². The van der Waals surface area contributed by atoms with Gasteiger partial charge >= 0.3 is 5.97 Å². The molecular weight excluding hydrogens is 250 g/mol. The van der Waals surface area contributed by atoms with Gasteiger partial charge in [0.2, 0.25) is 0 Å². The zero-order chi connectivity index (χ0) is 12.1. The summed E-state index contributed by atoms with van der Waals surface area (Å²) >= 11 is 2.42. The van der Waals surface area contributed by atoms with Crippen LogP contribution in [0.5, 0.6) is 0 Å². The molecule has 5 nitrogen and oxygen atoms in total. The highest BCUT2D eigenvalue weighted by Gasteiger charge is 2.24. The molecule has 16 heavy (non-hydrogen) atoms. The Morgan fingerprint density at radius 2 is 1.94 bits per heavy atom. The van der Waals surface area contributed by atoms with Gasteiger partial charge in [-0.15, -0.1) is 23.5 Å². The van der Waals surface area contributed by atoms with Crippen molar-refractivity contribution >= 4 is 35.4 Å². The van der Waals surface area contributed by atoms with Crippen molar-refractivity contribution < 1.29 is 19.8 Å². The Morgan fingerprint density at radius 3 is 2.44 bits per heavy atom. The molecule has 0 spiro atoms. The van der Waals surface area contributed by atoms with E-state index in [2.05, 4.69) is 5.32 Å². The molecule has 1 rings (SSSR count). The van der Waals surface area contributed by atoms with Crippen molar-refractivity contribution in [1.29, 1.82) is 0 Å². The lowest BCUT2D eigenvalue weighted by molar-refractivity contribution is -0.132. The lowest BCUT2D eigenvalue weighted by Gasteiger charge is -2.16. The average molecular weight is 263 g/mol. The Labute approximate surface area is 102 Å². The summed E-state index contributed by atoms with van der Waals surface area (Å²) in [6, 6.07) is 0. The number of amides is 1. The van der Waals surface area contributed by atoms with Crippen molar-refractivity contribution in [1.82, 2.24) is 5.32 Å². The highest BCUT2D eigenvalue weighted by Crippen LogP contribution is 2.34. The number of carbonyl (C=O) groups is 2. The summed E-state index contributed by atoms with van der Waals surface area (Å²) < 4.78 is 0. The number of hydrogen-bond acceptors (Lipinski definition) is 5. The molecular formula is C9H13NO4S2. The monoisotopic (exact) mass is 263 g/mol. The molecule has 7 heteroatoms. The molecule has 0 aromatic heterocycles. The van der Waals surface area contributed by atoms with Gasteiger partial charge in [0, 0.05) is 18.1 Å².